The van der Waals surface area contributed by atoms with Gasteiger partial charge in [0.1, 0.15) is 0 Å². The summed E-state index contributed by atoms with van der Waals surface area (Å²) in [4.78, 5) is 0. The van der Waals surface area contributed by atoms with E-state index in [1.54, 1.807) is 0 Å². The lowest BCUT2D eigenvalue weighted by molar-refractivity contribution is 0.180. The molecule has 0 saturated heterocycles. The SMILES string of the molecule is Cc1ccc(Cl)cc1NC1CCCCC1C1CCCCC1. The predicted octanol–water partition coefficient (Wildman–Crippen LogP) is 6.20. The molecule has 1 aromatic rings. The Balaban J connectivity index is 1.73. The van der Waals surface area contributed by atoms with Gasteiger partial charge in [-0.25, -0.2) is 0 Å². The number of hydrogen-bond donors (Lipinski definition) is 1. The average molecular weight is 306 g/mol. The molecular formula is C19H28ClN. The van der Waals surface area contributed by atoms with Crippen molar-refractivity contribution in [3.8, 4) is 0 Å². The summed E-state index contributed by atoms with van der Waals surface area (Å²) in [6.07, 6.45) is 12.8. The highest BCUT2D eigenvalue weighted by Crippen LogP contribution is 2.39. The summed E-state index contributed by atoms with van der Waals surface area (Å²) in [5, 5.41) is 4.69. The van der Waals surface area contributed by atoms with Gasteiger partial charge in [-0.1, -0.05) is 62.6 Å². The molecule has 2 heteroatoms. The van der Waals surface area contributed by atoms with Crippen LogP contribution in [0.15, 0.2) is 18.2 Å². The van der Waals surface area contributed by atoms with Crippen LogP contribution >= 0.6 is 11.6 Å². The normalized spacial score (nSPS) is 27.5. The summed E-state index contributed by atoms with van der Waals surface area (Å²) in [6.45, 7) is 2.18. The Labute approximate surface area is 134 Å². The fourth-order valence-electron chi connectivity index (χ4n) is 4.41. The molecule has 2 aliphatic carbocycles. The minimum absolute atomic E-state index is 0.652. The summed E-state index contributed by atoms with van der Waals surface area (Å²) in [5.41, 5.74) is 2.56. The number of rotatable bonds is 3. The number of anilines is 1. The molecule has 2 aliphatic rings. The molecule has 0 bridgehead atoms. The first kappa shape index (κ1) is 15.2. The molecule has 2 saturated carbocycles. The lowest BCUT2D eigenvalue weighted by atomic mass is 9.71. The largest absolute Gasteiger partial charge is 0.382 e. The third kappa shape index (κ3) is 3.74. The molecule has 2 unspecified atom stereocenters. The zero-order valence-corrected chi connectivity index (χ0v) is 14.0. The van der Waals surface area contributed by atoms with E-state index in [0.29, 0.717) is 6.04 Å². The van der Waals surface area contributed by atoms with Crippen molar-refractivity contribution in [2.24, 2.45) is 11.8 Å². The van der Waals surface area contributed by atoms with E-state index in [-0.39, 0.29) is 0 Å². The van der Waals surface area contributed by atoms with Crippen LogP contribution in [-0.2, 0) is 0 Å². The molecule has 0 aromatic heterocycles. The van der Waals surface area contributed by atoms with Crippen LogP contribution in [0.2, 0.25) is 5.02 Å². The van der Waals surface area contributed by atoms with Crippen molar-refractivity contribution in [3.63, 3.8) is 0 Å². The summed E-state index contributed by atoms with van der Waals surface area (Å²) in [5.74, 6) is 1.83. The van der Waals surface area contributed by atoms with Gasteiger partial charge in [0.2, 0.25) is 0 Å². The van der Waals surface area contributed by atoms with Crippen LogP contribution < -0.4 is 5.32 Å². The van der Waals surface area contributed by atoms with Gasteiger partial charge in [0.25, 0.3) is 0 Å². The Morgan fingerprint density at radius 1 is 0.952 bits per heavy atom. The number of benzene rings is 1. The summed E-state index contributed by atoms with van der Waals surface area (Å²) in [6, 6.07) is 6.87. The molecule has 3 rings (SSSR count). The van der Waals surface area contributed by atoms with E-state index in [4.69, 9.17) is 11.6 Å². The second kappa shape index (κ2) is 7.05. The van der Waals surface area contributed by atoms with Crippen LogP contribution in [0, 0.1) is 18.8 Å². The van der Waals surface area contributed by atoms with E-state index in [1.165, 1.54) is 69.0 Å². The van der Waals surface area contributed by atoms with E-state index in [0.717, 1.165) is 16.9 Å². The van der Waals surface area contributed by atoms with Crippen molar-refractivity contribution in [2.45, 2.75) is 70.8 Å². The maximum atomic E-state index is 6.18. The quantitative estimate of drug-likeness (QED) is 0.701. The Hall–Kier alpha value is -0.690. The monoisotopic (exact) mass is 305 g/mol. The number of hydrogen-bond acceptors (Lipinski definition) is 1. The third-order valence-corrected chi connectivity index (χ3v) is 5.85. The zero-order chi connectivity index (χ0) is 14.7. The Bertz CT molecular complexity index is 465. The van der Waals surface area contributed by atoms with E-state index >= 15 is 0 Å². The van der Waals surface area contributed by atoms with Crippen LogP contribution in [0.5, 0.6) is 0 Å². The molecule has 0 radical (unpaired) electrons. The molecule has 1 aromatic carbocycles. The highest BCUT2D eigenvalue weighted by atomic mass is 35.5. The van der Waals surface area contributed by atoms with Gasteiger partial charge in [-0.05, 0) is 49.3 Å². The first-order valence-electron chi connectivity index (χ1n) is 8.77. The molecule has 2 atom stereocenters. The van der Waals surface area contributed by atoms with Crippen molar-refractivity contribution >= 4 is 17.3 Å². The van der Waals surface area contributed by atoms with Crippen molar-refractivity contribution < 1.29 is 0 Å². The van der Waals surface area contributed by atoms with Gasteiger partial charge >= 0.3 is 0 Å². The first-order valence-corrected chi connectivity index (χ1v) is 9.14. The number of aryl methyl sites for hydroxylation is 1. The molecule has 1 nitrogen and oxygen atoms in total. The Morgan fingerprint density at radius 3 is 2.48 bits per heavy atom. The van der Waals surface area contributed by atoms with Crippen molar-refractivity contribution in [1.29, 1.82) is 0 Å². The van der Waals surface area contributed by atoms with Crippen LogP contribution in [0.3, 0.4) is 0 Å². The van der Waals surface area contributed by atoms with Crippen molar-refractivity contribution in [2.75, 3.05) is 5.32 Å². The van der Waals surface area contributed by atoms with E-state index in [1.807, 2.05) is 6.07 Å². The zero-order valence-electron chi connectivity index (χ0n) is 13.2. The molecule has 0 heterocycles. The maximum Gasteiger partial charge on any atom is 0.0426 e. The minimum atomic E-state index is 0.652. The molecule has 0 aliphatic heterocycles. The number of nitrogens with one attached hydrogen (secondary N) is 1. The van der Waals surface area contributed by atoms with Crippen LogP contribution in [0.1, 0.15) is 63.4 Å². The molecule has 116 valence electrons. The average Bonchev–Trinajstić information content (AvgIpc) is 2.52. The highest BCUT2D eigenvalue weighted by Gasteiger charge is 2.32. The summed E-state index contributed by atoms with van der Waals surface area (Å²) in [7, 11) is 0. The minimum Gasteiger partial charge on any atom is -0.382 e. The van der Waals surface area contributed by atoms with Crippen LogP contribution in [0.4, 0.5) is 5.69 Å². The summed E-state index contributed by atoms with van der Waals surface area (Å²) < 4.78 is 0. The molecule has 0 spiro atoms. The standard InChI is InChI=1S/C19H28ClN/c1-14-11-12-16(20)13-19(14)21-18-10-6-5-9-17(18)15-7-3-2-4-8-15/h11-13,15,17-18,21H,2-10H2,1H3. The maximum absolute atomic E-state index is 6.18. The van der Waals surface area contributed by atoms with E-state index in [9.17, 15) is 0 Å². The molecule has 2 fully saturated rings. The fourth-order valence-corrected chi connectivity index (χ4v) is 4.59. The highest BCUT2D eigenvalue weighted by molar-refractivity contribution is 6.30. The first-order chi connectivity index (χ1) is 10.2. The van der Waals surface area contributed by atoms with Gasteiger partial charge in [0, 0.05) is 16.8 Å². The van der Waals surface area contributed by atoms with Gasteiger partial charge in [-0.15, -0.1) is 0 Å². The topological polar surface area (TPSA) is 12.0 Å². The van der Waals surface area contributed by atoms with E-state index < -0.39 is 0 Å². The molecule has 0 amide bonds. The van der Waals surface area contributed by atoms with Gasteiger partial charge in [-0.3, -0.25) is 0 Å². The Morgan fingerprint density at radius 2 is 1.67 bits per heavy atom. The molecule has 1 N–H and O–H groups in total. The second-order valence-electron chi connectivity index (χ2n) is 7.06. The van der Waals surface area contributed by atoms with E-state index in [2.05, 4.69) is 24.4 Å². The molecular weight excluding hydrogens is 278 g/mol. The van der Waals surface area contributed by atoms with Gasteiger partial charge in [0.15, 0.2) is 0 Å². The van der Waals surface area contributed by atoms with Gasteiger partial charge < -0.3 is 5.32 Å². The lowest BCUT2D eigenvalue weighted by Gasteiger charge is -2.40. The fraction of sp³-hybridized carbons (Fsp3) is 0.684. The van der Waals surface area contributed by atoms with Crippen LogP contribution in [0.25, 0.3) is 0 Å². The van der Waals surface area contributed by atoms with Crippen molar-refractivity contribution in [1.82, 2.24) is 0 Å². The third-order valence-electron chi connectivity index (χ3n) is 5.62. The summed E-state index contributed by atoms with van der Waals surface area (Å²) >= 11 is 6.18. The second-order valence-corrected chi connectivity index (χ2v) is 7.49. The smallest absolute Gasteiger partial charge is 0.0426 e. The Kier molecular flexibility index (Phi) is 5.11. The molecule has 21 heavy (non-hydrogen) atoms. The number of halogens is 1. The van der Waals surface area contributed by atoms with Crippen molar-refractivity contribution in [3.05, 3.63) is 28.8 Å². The van der Waals surface area contributed by atoms with Gasteiger partial charge in [-0.2, -0.15) is 0 Å². The van der Waals surface area contributed by atoms with Crippen LogP contribution in [-0.4, -0.2) is 6.04 Å². The lowest BCUT2D eigenvalue weighted by Crippen LogP contribution is -2.37. The van der Waals surface area contributed by atoms with Gasteiger partial charge in [0.05, 0.1) is 0 Å². The predicted molar refractivity (Wildman–Crippen MR) is 92.1 cm³/mol.